The van der Waals surface area contributed by atoms with Crippen molar-refractivity contribution in [2.24, 2.45) is 0 Å². The van der Waals surface area contributed by atoms with Gasteiger partial charge in [-0.3, -0.25) is 0 Å². The van der Waals surface area contributed by atoms with Crippen LogP contribution in [0.3, 0.4) is 0 Å². The molecule has 0 aliphatic heterocycles. The van der Waals surface area contributed by atoms with Crippen LogP contribution in [0.1, 0.15) is 0 Å². The van der Waals surface area contributed by atoms with Crippen molar-refractivity contribution in [1.29, 1.82) is 0 Å². The molecule has 3 nitrogen and oxygen atoms in total. The van der Waals surface area contributed by atoms with Gasteiger partial charge in [-0.15, -0.1) is 0 Å². The fourth-order valence-electron chi connectivity index (χ4n) is 0. The van der Waals surface area contributed by atoms with Crippen molar-refractivity contribution in [1.82, 2.24) is 0 Å². The monoisotopic (exact) mass is 96.0 g/mol. The van der Waals surface area contributed by atoms with Gasteiger partial charge in [-0.1, -0.05) is 0 Å². The average molecular weight is 96.1 g/mol. The molecule has 0 rings (SSSR count). The van der Waals surface area contributed by atoms with Crippen molar-refractivity contribution in [3.8, 4) is 0 Å². The van der Waals surface area contributed by atoms with Crippen molar-refractivity contribution < 1.29 is 15.1 Å². The van der Waals surface area contributed by atoms with Gasteiger partial charge in [0.2, 0.25) is 0 Å². The minimum atomic E-state index is -2.17. The molecule has 0 saturated heterocycles. The Hall–Kier alpha value is 1.31. The van der Waals surface area contributed by atoms with Gasteiger partial charge in [0, 0.05) is 0 Å². The van der Waals surface area contributed by atoms with Crippen molar-refractivity contribution in [2.75, 3.05) is 0 Å². The van der Waals surface area contributed by atoms with E-state index in [1.54, 1.807) is 0 Å². The molecule has 6 heteroatoms. The first-order chi connectivity index (χ1) is 1.73. The Morgan fingerprint density at radius 1 is 1.00 bits per heavy atom. The largest absolute Gasteiger partial charge is 0.316 e. The maximum Gasteiger partial charge on any atom is 0.316 e. The molecule has 0 aromatic heterocycles. The molecule has 0 saturated carbocycles. The molecule has 0 heterocycles. The van der Waals surface area contributed by atoms with E-state index in [4.69, 9.17) is 15.1 Å². The topological polar surface area (TPSA) is 60.7 Å². The van der Waals surface area contributed by atoms with Gasteiger partial charge in [-0.25, -0.2) is 0 Å². The van der Waals surface area contributed by atoms with Gasteiger partial charge in [0.25, 0.3) is 0 Å². The fourth-order valence-corrected chi connectivity index (χ4v) is 0. The summed E-state index contributed by atoms with van der Waals surface area (Å²) in [6.45, 7) is 0. The Balaban J connectivity index is -0.0000000450. The summed E-state index contributed by atoms with van der Waals surface area (Å²) in [6, 6.07) is 0. The molecule has 0 amide bonds. The maximum atomic E-state index is 7.17. The summed E-state index contributed by atoms with van der Waals surface area (Å²) in [5.74, 6) is 0. The normalized spacial score (nSPS) is 4.50. The van der Waals surface area contributed by atoms with Gasteiger partial charge in [-0.05, 0) is 0 Å². The second-order valence-corrected chi connectivity index (χ2v) is 0.346. The zero-order chi connectivity index (χ0) is 3.58. The van der Waals surface area contributed by atoms with Crippen molar-refractivity contribution in [2.45, 2.75) is 0 Å². The molecule has 0 aliphatic carbocycles. The van der Waals surface area contributed by atoms with Crippen LogP contribution >= 0.6 is 0 Å². The Bertz CT molecular complexity index is 15.5. The van der Waals surface area contributed by atoms with Gasteiger partial charge in [0.1, 0.15) is 0 Å². The van der Waals surface area contributed by atoms with Crippen LogP contribution in [0, 0.1) is 0 Å². The van der Waals surface area contributed by atoms with Crippen molar-refractivity contribution >= 4 is 49.2 Å². The van der Waals surface area contributed by atoms with Crippen LogP contribution in [0.4, 0.5) is 0 Å². The summed E-state index contributed by atoms with van der Waals surface area (Å²) in [4.78, 5) is 0. The van der Waals surface area contributed by atoms with E-state index >= 15 is 0 Å². The van der Waals surface area contributed by atoms with E-state index in [2.05, 4.69) is 0 Å². The Labute approximate surface area is 64.3 Å². The van der Waals surface area contributed by atoms with E-state index in [0.717, 1.165) is 0 Å². The summed E-state index contributed by atoms with van der Waals surface area (Å²) >= 11 is 0. The average Bonchev–Trinajstić information content (AvgIpc) is 0.811. The summed E-state index contributed by atoms with van der Waals surface area (Å²) in [5.41, 5.74) is 0. The van der Waals surface area contributed by atoms with E-state index in [1.165, 1.54) is 0 Å². The van der Waals surface area contributed by atoms with Crippen LogP contribution < -0.4 is 0 Å². The first-order valence-corrected chi connectivity index (χ1v) is 0.775. The third-order valence-electron chi connectivity index (χ3n) is 0. The number of rotatable bonds is 0. The predicted octanol–water partition coefficient (Wildman–Crippen LogP) is -3.62. The van der Waals surface area contributed by atoms with E-state index in [9.17, 15) is 0 Å². The molecule has 0 fully saturated rings. The van der Waals surface area contributed by atoms with Crippen LogP contribution in [-0.2, 0) is 0 Å². The van der Waals surface area contributed by atoms with Crippen LogP contribution in [0.2, 0.25) is 0 Å². The Morgan fingerprint density at radius 2 is 1.00 bits per heavy atom. The molecule has 0 bridgehead atoms. The first-order valence-electron chi connectivity index (χ1n) is 0.775. The number of hydrogen-bond donors (Lipinski definition) is 3. The van der Waals surface area contributed by atoms with E-state index in [1.807, 2.05) is 0 Å². The minimum absolute atomic E-state index is 0. The molecule has 0 spiro atoms. The second kappa shape index (κ2) is 9.58. The molecule has 0 aromatic rings. The molecule has 30 valence electrons. The van der Waals surface area contributed by atoms with Gasteiger partial charge < -0.3 is 15.1 Å². The molecular formula is H6BLiMgO3. The van der Waals surface area contributed by atoms with E-state index in [-0.39, 0.29) is 41.9 Å². The van der Waals surface area contributed by atoms with Gasteiger partial charge in [-0.2, -0.15) is 0 Å². The van der Waals surface area contributed by atoms with Crippen LogP contribution in [0.15, 0.2) is 0 Å². The molecule has 0 aliphatic rings. The maximum absolute atomic E-state index is 7.17. The summed E-state index contributed by atoms with van der Waals surface area (Å²) in [5, 5.41) is 21.5. The van der Waals surface area contributed by atoms with Crippen LogP contribution in [-0.4, -0.2) is 64.3 Å². The first kappa shape index (κ1) is 15.7. The molecule has 6 heavy (non-hydrogen) atoms. The van der Waals surface area contributed by atoms with Crippen molar-refractivity contribution in [3.63, 3.8) is 0 Å². The summed E-state index contributed by atoms with van der Waals surface area (Å²) in [6.07, 6.45) is 0. The standard InChI is InChI=1S/BH3O3.Li.Mg.3H/c2-1(3)4;;;;;/h2-4H;;;;;. The molecule has 3 N–H and O–H groups in total. The molecular weight excluding hydrogens is 90.1 g/mol. The second-order valence-electron chi connectivity index (χ2n) is 0.346. The van der Waals surface area contributed by atoms with E-state index < -0.39 is 7.32 Å². The molecule has 0 unspecified atom stereocenters. The fraction of sp³-hybridized carbons (Fsp3) is 0. The Morgan fingerprint density at radius 3 is 1.00 bits per heavy atom. The zero-order valence-corrected chi connectivity index (χ0v) is 1.92. The molecule has 0 aromatic carbocycles. The smallest absolute Gasteiger partial charge is 0.316 e. The van der Waals surface area contributed by atoms with Gasteiger partial charge in [0.15, 0.2) is 0 Å². The SMILES string of the molecule is OB(O)O.[LiH].[MgH2]. The van der Waals surface area contributed by atoms with Gasteiger partial charge in [0.05, 0.1) is 0 Å². The van der Waals surface area contributed by atoms with Crippen LogP contribution in [0.5, 0.6) is 0 Å². The molecule has 0 radical (unpaired) electrons. The summed E-state index contributed by atoms with van der Waals surface area (Å²) < 4.78 is 0. The van der Waals surface area contributed by atoms with Crippen LogP contribution in [0.25, 0.3) is 0 Å². The molecule has 0 atom stereocenters. The predicted molar refractivity (Wildman–Crippen MR) is 28.1 cm³/mol. The number of hydrogen-bond acceptors (Lipinski definition) is 3. The van der Waals surface area contributed by atoms with Crippen molar-refractivity contribution in [3.05, 3.63) is 0 Å². The Kier molecular flexibility index (Phi) is 25.0. The van der Waals surface area contributed by atoms with E-state index in [0.29, 0.717) is 0 Å². The third kappa shape index (κ3) is 57.6. The minimum Gasteiger partial charge on any atom is 0.316 e. The summed E-state index contributed by atoms with van der Waals surface area (Å²) in [7, 11) is -2.17. The quantitative estimate of drug-likeness (QED) is 0.273. The zero-order valence-electron chi connectivity index (χ0n) is 1.92. The van der Waals surface area contributed by atoms with Gasteiger partial charge >= 0.3 is 49.2 Å². The third-order valence-corrected chi connectivity index (χ3v) is 0.